The van der Waals surface area contributed by atoms with E-state index < -0.39 is 0 Å². The molecule has 0 fully saturated rings. The summed E-state index contributed by atoms with van der Waals surface area (Å²) in [6, 6.07) is 0. The Morgan fingerprint density at radius 2 is 2.00 bits per heavy atom. The fourth-order valence-electron chi connectivity index (χ4n) is 1.71. The van der Waals surface area contributed by atoms with Gasteiger partial charge < -0.3 is 5.32 Å². The van der Waals surface area contributed by atoms with Gasteiger partial charge in [0, 0.05) is 25.0 Å². The number of rotatable bonds is 7. The average molecular weight is 277 g/mol. The lowest BCUT2D eigenvalue weighted by atomic mass is 10.3. The number of anilines is 1. The molecule has 102 valence electrons. The second-order valence-corrected chi connectivity index (χ2v) is 5.19. The van der Waals surface area contributed by atoms with Crippen molar-refractivity contribution < 1.29 is 0 Å². The number of nitrogens with one attached hydrogen (secondary N) is 1. The molecule has 2 heterocycles. The predicted molar refractivity (Wildman–Crippen MR) is 78.1 cm³/mol. The van der Waals surface area contributed by atoms with E-state index in [1.54, 1.807) is 17.5 Å². The summed E-state index contributed by atoms with van der Waals surface area (Å²) in [4.78, 5) is 15.2. The molecule has 0 bridgehead atoms. The van der Waals surface area contributed by atoms with Gasteiger partial charge in [0.1, 0.15) is 5.82 Å². The van der Waals surface area contributed by atoms with Crippen LogP contribution in [0.2, 0.25) is 0 Å². The van der Waals surface area contributed by atoms with Gasteiger partial charge in [0.25, 0.3) is 0 Å². The maximum Gasteiger partial charge on any atom is 0.144 e. The lowest BCUT2D eigenvalue weighted by Gasteiger charge is -2.14. The molecule has 0 saturated carbocycles. The van der Waals surface area contributed by atoms with Crippen LogP contribution >= 0.6 is 11.3 Å². The second kappa shape index (κ2) is 7.16. The number of hydrogen-bond acceptors (Lipinski definition) is 6. The van der Waals surface area contributed by atoms with Gasteiger partial charge in [-0.05, 0) is 13.5 Å². The molecular weight excluding hydrogens is 258 g/mol. The molecule has 0 amide bonds. The van der Waals surface area contributed by atoms with E-state index in [0.717, 1.165) is 43.3 Å². The minimum Gasteiger partial charge on any atom is -0.369 e. The van der Waals surface area contributed by atoms with E-state index in [1.807, 2.05) is 11.7 Å². The van der Waals surface area contributed by atoms with Crippen LogP contribution in [0.5, 0.6) is 0 Å². The molecule has 0 unspecified atom stereocenters. The van der Waals surface area contributed by atoms with Crippen molar-refractivity contribution in [2.75, 3.05) is 18.9 Å². The third-order valence-corrected chi connectivity index (χ3v) is 3.24. The summed E-state index contributed by atoms with van der Waals surface area (Å²) in [6.45, 7) is 4.67. The summed E-state index contributed by atoms with van der Waals surface area (Å²) in [5, 5.41) is 5.28. The highest BCUT2D eigenvalue weighted by Crippen LogP contribution is 2.07. The molecule has 0 spiro atoms. The van der Waals surface area contributed by atoms with Crippen LogP contribution in [0, 0.1) is 0 Å². The Kier molecular flexibility index (Phi) is 5.23. The highest BCUT2D eigenvalue weighted by atomic mass is 32.1. The van der Waals surface area contributed by atoms with Crippen LogP contribution in [0.3, 0.4) is 0 Å². The molecule has 2 rings (SSSR count). The Bertz CT molecular complexity index is 468. The van der Waals surface area contributed by atoms with Gasteiger partial charge in [-0.25, -0.2) is 9.97 Å². The van der Waals surface area contributed by atoms with Gasteiger partial charge in [0.05, 0.1) is 29.3 Å². The second-order valence-electron chi connectivity index (χ2n) is 4.47. The Morgan fingerprint density at radius 3 is 2.63 bits per heavy atom. The lowest BCUT2D eigenvalue weighted by molar-refractivity contribution is 0.311. The third kappa shape index (κ3) is 4.57. The van der Waals surface area contributed by atoms with Crippen LogP contribution in [-0.4, -0.2) is 33.4 Å². The molecule has 0 aliphatic carbocycles. The molecule has 0 atom stereocenters. The first-order chi connectivity index (χ1) is 9.28. The van der Waals surface area contributed by atoms with Gasteiger partial charge in [-0.1, -0.05) is 6.92 Å². The highest BCUT2D eigenvalue weighted by molar-refractivity contribution is 7.07. The van der Waals surface area contributed by atoms with E-state index in [4.69, 9.17) is 0 Å². The van der Waals surface area contributed by atoms with Crippen molar-refractivity contribution in [2.45, 2.75) is 26.4 Å². The molecular formula is C13H19N5S. The summed E-state index contributed by atoms with van der Waals surface area (Å²) >= 11 is 1.62. The van der Waals surface area contributed by atoms with Crippen LogP contribution in [-0.2, 0) is 13.1 Å². The van der Waals surface area contributed by atoms with Crippen molar-refractivity contribution in [1.82, 2.24) is 19.9 Å². The molecule has 5 nitrogen and oxygen atoms in total. The Labute approximate surface area is 117 Å². The van der Waals surface area contributed by atoms with Crippen LogP contribution in [0.25, 0.3) is 0 Å². The van der Waals surface area contributed by atoms with Gasteiger partial charge >= 0.3 is 0 Å². The minimum atomic E-state index is 0.776. The molecule has 2 aromatic rings. The predicted octanol–water partition coefficient (Wildman–Crippen LogP) is 2.39. The summed E-state index contributed by atoms with van der Waals surface area (Å²) in [6.07, 6.45) is 4.71. The molecule has 0 aliphatic rings. The van der Waals surface area contributed by atoms with Crippen LogP contribution in [0.1, 0.15) is 24.7 Å². The molecule has 0 saturated heterocycles. The molecule has 0 aromatic carbocycles. The van der Waals surface area contributed by atoms with E-state index in [0.29, 0.717) is 0 Å². The van der Waals surface area contributed by atoms with E-state index in [1.165, 1.54) is 0 Å². The standard InChI is InChI=1S/C13H19N5S/c1-3-4-14-13-6-15-11(5-16-13)7-18(2)8-12-9-19-10-17-12/h5-6,9-10H,3-4,7-8H2,1-2H3,(H,14,16). The van der Waals surface area contributed by atoms with Gasteiger partial charge in [-0.2, -0.15) is 0 Å². The Morgan fingerprint density at radius 1 is 1.16 bits per heavy atom. The monoisotopic (exact) mass is 277 g/mol. The Hall–Kier alpha value is -1.53. The topological polar surface area (TPSA) is 53.9 Å². The van der Waals surface area contributed by atoms with Gasteiger partial charge in [-0.15, -0.1) is 11.3 Å². The quantitative estimate of drug-likeness (QED) is 0.842. The molecule has 19 heavy (non-hydrogen) atoms. The summed E-state index contributed by atoms with van der Waals surface area (Å²) in [7, 11) is 2.06. The number of hydrogen-bond donors (Lipinski definition) is 1. The van der Waals surface area contributed by atoms with Crippen LogP contribution < -0.4 is 5.32 Å². The van der Waals surface area contributed by atoms with Crippen molar-refractivity contribution in [2.24, 2.45) is 0 Å². The molecule has 2 aromatic heterocycles. The van der Waals surface area contributed by atoms with Crippen molar-refractivity contribution >= 4 is 17.2 Å². The van der Waals surface area contributed by atoms with Crippen molar-refractivity contribution in [3.8, 4) is 0 Å². The van der Waals surface area contributed by atoms with Gasteiger partial charge in [-0.3, -0.25) is 9.88 Å². The normalized spacial score (nSPS) is 10.9. The fraction of sp³-hybridized carbons (Fsp3) is 0.462. The van der Waals surface area contributed by atoms with Gasteiger partial charge in [0.2, 0.25) is 0 Å². The SMILES string of the molecule is CCCNc1cnc(CN(C)Cc2cscn2)cn1. The summed E-state index contributed by atoms with van der Waals surface area (Å²) < 4.78 is 0. The minimum absolute atomic E-state index is 0.776. The van der Waals surface area contributed by atoms with E-state index in [9.17, 15) is 0 Å². The lowest BCUT2D eigenvalue weighted by Crippen LogP contribution is -2.18. The summed E-state index contributed by atoms with van der Waals surface area (Å²) in [5.41, 5.74) is 3.93. The third-order valence-electron chi connectivity index (χ3n) is 2.61. The van der Waals surface area contributed by atoms with E-state index in [2.05, 4.69) is 44.5 Å². The smallest absolute Gasteiger partial charge is 0.144 e. The van der Waals surface area contributed by atoms with Crippen LogP contribution in [0.4, 0.5) is 5.82 Å². The van der Waals surface area contributed by atoms with E-state index in [-0.39, 0.29) is 0 Å². The van der Waals surface area contributed by atoms with Crippen molar-refractivity contribution in [1.29, 1.82) is 0 Å². The summed E-state index contributed by atoms with van der Waals surface area (Å²) in [5.74, 6) is 0.841. The number of nitrogens with zero attached hydrogens (tertiary/aromatic N) is 4. The Balaban J connectivity index is 1.84. The van der Waals surface area contributed by atoms with Crippen molar-refractivity contribution in [3.05, 3.63) is 34.7 Å². The number of aromatic nitrogens is 3. The zero-order valence-electron chi connectivity index (χ0n) is 11.3. The molecule has 1 N–H and O–H groups in total. The highest BCUT2D eigenvalue weighted by Gasteiger charge is 2.04. The first-order valence-electron chi connectivity index (χ1n) is 6.38. The molecule has 0 radical (unpaired) electrons. The van der Waals surface area contributed by atoms with E-state index >= 15 is 0 Å². The van der Waals surface area contributed by atoms with Crippen molar-refractivity contribution in [3.63, 3.8) is 0 Å². The zero-order valence-corrected chi connectivity index (χ0v) is 12.2. The maximum absolute atomic E-state index is 4.42. The van der Waals surface area contributed by atoms with Crippen LogP contribution in [0.15, 0.2) is 23.3 Å². The zero-order chi connectivity index (χ0) is 13.5. The maximum atomic E-state index is 4.42. The fourth-order valence-corrected chi connectivity index (χ4v) is 2.25. The molecule has 6 heteroatoms. The average Bonchev–Trinajstić information content (AvgIpc) is 2.90. The van der Waals surface area contributed by atoms with Gasteiger partial charge in [0.15, 0.2) is 0 Å². The molecule has 0 aliphatic heterocycles. The first-order valence-corrected chi connectivity index (χ1v) is 7.32. The number of thiazole rings is 1. The first kappa shape index (κ1) is 13.9. The largest absolute Gasteiger partial charge is 0.369 e.